The maximum atomic E-state index is 12.1. The average Bonchev–Trinajstić information content (AvgIpc) is 2.37. The van der Waals surface area contributed by atoms with Gasteiger partial charge in [-0.15, -0.1) is 0 Å². The van der Waals surface area contributed by atoms with E-state index >= 15 is 0 Å². The number of carbonyl (C=O) groups excluding carboxylic acids is 1. The van der Waals surface area contributed by atoms with Crippen LogP contribution in [-0.2, 0) is 14.8 Å². The Hall–Kier alpha value is -1.76. The Morgan fingerprint density at radius 3 is 2.10 bits per heavy atom. The lowest BCUT2D eigenvalue weighted by molar-refractivity contribution is -0.122. The Bertz CT molecular complexity index is 581. The zero-order valence-corrected chi connectivity index (χ0v) is 13.8. The van der Waals surface area contributed by atoms with Gasteiger partial charge in [-0.2, -0.15) is 0 Å². The first-order valence-electron chi connectivity index (χ1n) is 6.60. The van der Waals surface area contributed by atoms with Crippen molar-refractivity contribution in [3.8, 4) is 5.75 Å². The first-order chi connectivity index (χ1) is 9.66. The Kier molecular flexibility index (Phi) is 5.60. The van der Waals surface area contributed by atoms with Crippen molar-refractivity contribution < 1.29 is 17.9 Å². The van der Waals surface area contributed by atoms with Crippen LogP contribution in [0, 0.1) is 0 Å². The van der Waals surface area contributed by atoms with E-state index < -0.39 is 16.1 Å². The second-order valence-corrected chi connectivity index (χ2v) is 6.96. The average molecular weight is 314 g/mol. The molecule has 0 saturated carbocycles. The molecule has 1 rings (SSSR count). The first kappa shape index (κ1) is 17.3. The molecule has 0 fully saturated rings. The van der Waals surface area contributed by atoms with Gasteiger partial charge in [-0.05, 0) is 45.0 Å². The number of benzene rings is 1. The molecular weight excluding hydrogens is 292 g/mol. The zero-order valence-electron chi connectivity index (χ0n) is 13.0. The molecule has 1 unspecified atom stereocenters. The van der Waals surface area contributed by atoms with Crippen molar-refractivity contribution in [3.63, 3.8) is 0 Å². The normalized spacial score (nSPS) is 12.9. The molecule has 0 aliphatic carbocycles. The number of hydrogen-bond donors (Lipinski definition) is 1. The smallest absolute Gasteiger partial charge is 0.243 e. The van der Waals surface area contributed by atoms with E-state index in [0.29, 0.717) is 11.4 Å². The van der Waals surface area contributed by atoms with Gasteiger partial charge in [0.15, 0.2) is 0 Å². The van der Waals surface area contributed by atoms with E-state index in [1.807, 2.05) is 13.8 Å². The van der Waals surface area contributed by atoms with E-state index in [4.69, 9.17) is 4.74 Å². The second kappa shape index (κ2) is 6.80. The fourth-order valence-corrected chi connectivity index (χ4v) is 3.12. The molecule has 0 bridgehead atoms. The van der Waals surface area contributed by atoms with Crippen molar-refractivity contribution in [1.82, 2.24) is 5.32 Å². The minimum atomic E-state index is -3.59. The minimum absolute atomic E-state index is 0.0581. The summed E-state index contributed by atoms with van der Waals surface area (Å²) in [6.45, 7) is 5.20. The van der Waals surface area contributed by atoms with Crippen LogP contribution in [0.3, 0.4) is 0 Å². The standard InChI is InChI=1S/C14H22N2O4S/c1-10(2)15-14(17)11(3)16(21(5,18)19)12-6-8-13(20-4)9-7-12/h6-11H,1-5H3,(H,15,17). The Morgan fingerprint density at radius 2 is 1.71 bits per heavy atom. The van der Waals surface area contributed by atoms with E-state index in [-0.39, 0.29) is 11.9 Å². The molecule has 0 radical (unpaired) electrons. The third-order valence-corrected chi connectivity index (χ3v) is 4.09. The highest BCUT2D eigenvalue weighted by atomic mass is 32.2. The second-order valence-electron chi connectivity index (χ2n) is 5.10. The molecule has 0 aromatic heterocycles. The molecule has 1 aromatic carbocycles. The lowest BCUT2D eigenvalue weighted by Crippen LogP contribution is -2.49. The largest absolute Gasteiger partial charge is 0.497 e. The molecule has 1 amide bonds. The molecule has 6 nitrogen and oxygen atoms in total. The molecule has 1 N–H and O–H groups in total. The summed E-state index contributed by atoms with van der Waals surface area (Å²) in [4.78, 5) is 12.1. The monoisotopic (exact) mass is 314 g/mol. The fourth-order valence-electron chi connectivity index (χ4n) is 1.94. The van der Waals surface area contributed by atoms with Crippen molar-refractivity contribution in [3.05, 3.63) is 24.3 Å². The van der Waals surface area contributed by atoms with Crippen LogP contribution in [-0.4, -0.2) is 39.8 Å². The lowest BCUT2D eigenvalue weighted by atomic mass is 10.2. The number of anilines is 1. The quantitative estimate of drug-likeness (QED) is 0.860. The van der Waals surface area contributed by atoms with Crippen molar-refractivity contribution >= 4 is 21.6 Å². The summed E-state index contributed by atoms with van der Waals surface area (Å²) in [7, 11) is -2.06. The van der Waals surface area contributed by atoms with Crippen molar-refractivity contribution in [2.45, 2.75) is 32.9 Å². The number of amides is 1. The number of sulfonamides is 1. The first-order valence-corrected chi connectivity index (χ1v) is 8.45. The van der Waals surface area contributed by atoms with Gasteiger partial charge in [0.05, 0.1) is 19.1 Å². The molecule has 21 heavy (non-hydrogen) atoms. The molecule has 0 aliphatic heterocycles. The van der Waals surface area contributed by atoms with E-state index in [1.165, 1.54) is 7.11 Å². The predicted molar refractivity (Wildman–Crippen MR) is 83.1 cm³/mol. The molecule has 1 atom stereocenters. The molecule has 0 saturated heterocycles. The maximum absolute atomic E-state index is 12.1. The van der Waals surface area contributed by atoms with Gasteiger partial charge in [0, 0.05) is 6.04 Å². The van der Waals surface area contributed by atoms with Crippen LogP contribution in [0.5, 0.6) is 5.75 Å². The number of nitrogens with one attached hydrogen (secondary N) is 1. The molecule has 0 heterocycles. The molecule has 0 spiro atoms. The number of carbonyl (C=O) groups is 1. The number of ether oxygens (including phenoxy) is 1. The molecule has 7 heteroatoms. The van der Waals surface area contributed by atoms with Crippen molar-refractivity contribution in [2.75, 3.05) is 17.7 Å². The highest BCUT2D eigenvalue weighted by Gasteiger charge is 2.29. The van der Waals surface area contributed by atoms with Gasteiger partial charge in [-0.1, -0.05) is 0 Å². The van der Waals surface area contributed by atoms with Crippen LogP contribution in [0.15, 0.2) is 24.3 Å². The highest BCUT2D eigenvalue weighted by Crippen LogP contribution is 2.23. The number of hydrogen-bond acceptors (Lipinski definition) is 4. The van der Waals surface area contributed by atoms with Crippen LogP contribution in [0.4, 0.5) is 5.69 Å². The molecule has 0 aliphatic rings. The van der Waals surface area contributed by atoms with Crippen LogP contribution in [0.2, 0.25) is 0 Å². The summed E-state index contributed by atoms with van der Waals surface area (Å²) in [6, 6.07) is 5.63. The summed E-state index contributed by atoms with van der Waals surface area (Å²) < 4.78 is 30.2. The van der Waals surface area contributed by atoms with Gasteiger partial charge in [0.2, 0.25) is 15.9 Å². The van der Waals surface area contributed by atoms with Gasteiger partial charge in [-0.3, -0.25) is 9.10 Å². The van der Waals surface area contributed by atoms with E-state index in [9.17, 15) is 13.2 Å². The SMILES string of the molecule is COc1ccc(N(C(C)C(=O)NC(C)C)S(C)(=O)=O)cc1. The zero-order chi connectivity index (χ0) is 16.2. The highest BCUT2D eigenvalue weighted by molar-refractivity contribution is 7.92. The van der Waals surface area contributed by atoms with Crippen molar-refractivity contribution in [1.29, 1.82) is 0 Å². The Labute approximate surface area is 126 Å². The number of rotatable bonds is 6. The predicted octanol–water partition coefficient (Wildman–Crippen LogP) is 1.37. The van der Waals surface area contributed by atoms with Gasteiger partial charge in [0.1, 0.15) is 11.8 Å². The van der Waals surface area contributed by atoms with Crippen LogP contribution < -0.4 is 14.4 Å². The topological polar surface area (TPSA) is 75.7 Å². The van der Waals surface area contributed by atoms with E-state index in [2.05, 4.69) is 5.32 Å². The summed E-state index contributed by atoms with van der Waals surface area (Å²) in [6.07, 6.45) is 1.08. The summed E-state index contributed by atoms with van der Waals surface area (Å²) in [5.74, 6) is 0.276. The molecular formula is C14H22N2O4S. The summed E-state index contributed by atoms with van der Waals surface area (Å²) in [5.41, 5.74) is 0.421. The minimum Gasteiger partial charge on any atom is -0.497 e. The Balaban J connectivity index is 3.14. The third-order valence-electron chi connectivity index (χ3n) is 2.85. The molecule has 118 valence electrons. The molecule has 1 aromatic rings. The Morgan fingerprint density at radius 1 is 1.19 bits per heavy atom. The van der Waals surface area contributed by atoms with Crippen molar-refractivity contribution in [2.24, 2.45) is 0 Å². The van der Waals surface area contributed by atoms with Crippen LogP contribution in [0.25, 0.3) is 0 Å². The van der Waals surface area contributed by atoms with Gasteiger partial charge < -0.3 is 10.1 Å². The van der Waals surface area contributed by atoms with E-state index in [0.717, 1.165) is 10.6 Å². The number of nitrogens with zero attached hydrogens (tertiary/aromatic N) is 1. The third kappa shape index (κ3) is 4.63. The summed E-state index contributed by atoms with van der Waals surface area (Å²) in [5, 5.41) is 2.72. The fraction of sp³-hybridized carbons (Fsp3) is 0.500. The van der Waals surface area contributed by atoms with Crippen LogP contribution >= 0.6 is 0 Å². The maximum Gasteiger partial charge on any atom is 0.243 e. The van der Waals surface area contributed by atoms with Crippen LogP contribution in [0.1, 0.15) is 20.8 Å². The van der Waals surface area contributed by atoms with E-state index in [1.54, 1.807) is 31.2 Å². The van der Waals surface area contributed by atoms with Gasteiger partial charge >= 0.3 is 0 Å². The lowest BCUT2D eigenvalue weighted by Gasteiger charge is -2.28. The van der Waals surface area contributed by atoms with Gasteiger partial charge in [0.25, 0.3) is 0 Å². The van der Waals surface area contributed by atoms with Gasteiger partial charge in [-0.25, -0.2) is 8.42 Å². The number of methoxy groups -OCH3 is 1. The summed E-state index contributed by atoms with van der Waals surface area (Å²) >= 11 is 0.